The minimum atomic E-state index is -0.183. The Labute approximate surface area is 169 Å². The van der Waals surface area contributed by atoms with Gasteiger partial charge >= 0.3 is 0 Å². The molecule has 0 bridgehead atoms. The Balaban J connectivity index is 1.34. The highest BCUT2D eigenvalue weighted by Gasteiger charge is 2.18. The van der Waals surface area contributed by atoms with Crippen LogP contribution in [0.2, 0.25) is 0 Å². The Morgan fingerprint density at radius 2 is 1.83 bits per heavy atom. The molecule has 1 aliphatic rings. The number of nitrogens with zero attached hydrogens (tertiary/aromatic N) is 2. The van der Waals surface area contributed by atoms with E-state index in [1.54, 1.807) is 12.1 Å². The van der Waals surface area contributed by atoms with Crippen LogP contribution in [-0.2, 0) is 6.54 Å². The topological polar surface area (TPSA) is 29.3 Å². The van der Waals surface area contributed by atoms with E-state index < -0.39 is 0 Å². The molecule has 3 nitrogen and oxygen atoms in total. The second-order valence-corrected chi connectivity index (χ2v) is 7.41. The van der Waals surface area contributed by atoms with Crippen molar-refractivity contribution in [2.75, 3.05) is 13.1 Å². The molecule has 4 aromatic rings. The van der Waals surface area contributed by atoms with E-state index in [1.807, 2.05) is 30.3 Å². The van der Waals surface area contributed by atoms with Crippen molar-refractivity contribution in [2.24, 2.45) is 0 Å². The van der Waals surface area contributed by atoms with Crippen LogP contribution in [0.25, 0.3) is 27.8 Å². The van der Waals surface area contributed by atoms with Crippen molar-refractivity contribution in [2.45, 2.75) is 13.0 Å². The minimum absolute atomic E-state index is 0.183. The number of oxazole rings is 1. The van der Waals surface area contributed by atoms with E-state index in [0.717, 1.165) is 53.9 Å². The maximum atomic E-state index is 13.4. The first-order chi connectivity index (χ1) is 14.2. The fourth-order valence-electron chi connectivity index (χ4n) is 3.82. The van der Waals surface area contributed by atoms with E-state index in [4.69, 9.17) is 9.40 Å². The Hall–Kier alpha value is -3.24. The number of aromatic nitrogens is 1. The third-order valence-corrected chi connectivity index (χ3v) is 5.36. The summed E-state index contributed by atoms with van der Waals surface area (Å²) >= 11 is 0. The van der Waals surface area contributed by atoms with Crippen LogP contribution in [0.4, 0.5) is 4.39 Å². The van der Waals surface area contributed by atoms with Crippen LogP contribution in [0.1, 0.15) is 17.9 Å². The number of hydrogen-bond acceptors (Lipinski definition) is 3. The van der Waals surface area contributed by atoms with Gasteiger partial charge in [0.05, 0.1) is 0 Å². The van der Waals surface area contributed by atoms with Gasteiger partial charge in [-0.15, -0.1) is 0 Å². The molecular formula is C25H21FN2O. The molecule has 144 valence electrons. The Bertz CT molecular complexity index is 1180. The van der Waals surface area contributed by atoms with Crippen molar-refractivity contribution in [3.63, 3.8) is 0 Å². The van der Waals surface area contributed by atoms with Crippen LogP contribution in [0.15, 0.2) is 83.3 Å². The van der Waals surface area contributed by atoms with Gasteiger partial charge in [0.15, 0.2) is 5.58 Å². The second-order valence-electron chi connectivity index (χ2n) is 7.41. The predicted octanol–water partition coefficient (Wildman–Crippen LogP) is 5.92. The fourth-order valence-corrected chi connectivity index (χ4v) is 3.82. The zero-order valence-corrected chi connectivity index (χ0v) is 16.0. The van der Waals surface area contributed by atoms with E-state index in [9.17, 15) is 4.39 Å². The van der Waals surface area contributed by atoms with Crippen molar-refractivity contribution in [3.05, 3.63) is 96.1 Å². The molecule has 0 spiro atoms. The molecule has 0 amide bonds. The maximum absolute atomic E-state index is 13.4. The molecule has 4 heteroatoms. The number of hydrogen-bond donors (Lipinski definition) is 0. The van der Waals surface area contributed by atoms with Gasteiger partial charge < -0.3 is 4.42 Å². The van der Waals surface area contributed by atoms with Gasteiger partial charge in [0.1, 0.15) is 11.3 Å². The van der Waals surface area contributed by atoms with E-state index >= 15 is 0 Å². The summed E-state index contributed by atoms with van der Waals surface area (Å²) in [5.41, 5.74) is 6.13. The van der Waals surface area contributed by atoms with Gasteiger partial charge in [0, 0.05) is 25.2 Å². The molecule has 0 aliphatic carbocycles. The molecule has 1 aromatic heterocycles. The van der Waals surface area contributed by atoms with Crippen molar-refractivity contribution in [3.8, 4) is 11.1 Å². The highest BCUT2D eigenvalue weighted by atomic mass is 19.1. The van der Waals surface area contributed by atoms with E-state index in [-0.39, 0.29) is 5.82 Å². The summed E-state index contributed by atoms with van der Waals surface area (Å²) in [6.45, 7) is 2.45. The van der Waals surface area contributed by atoms with Crippen molar-refractivity contribution < 1.29 is 8.81 Å². The minimum Gasteiger partial charge on any atom is -0.436 e. The quantitative estimate of drug-likeness (QED) is 0.437. The molecule has 1 aliphatic heterocycles. The molecule has 0 atom stereocenters. The molecule has 5 rings (SSSR count). The van der Waals surface area contributed by atoms with Crippen molar-refractivity contribution >= 4 is 16.7 Å². The van der Waals surface area contributed by atoms with Crippen LogP contribution < -0.4 is 0 Å². The monoisotopic (exact) mass is 384 g/mol. The lowest BCUT2D eigenvalue weighted by molar-refractivity contribution is 0.292. The average molecular weight is 384 g/mol. The summed E-state index contributed by atoms with van der Waals surface area (Å²) in [5, 5.41) is 0. The lowest BCUT2D eigenvalue weighted by Crippen LogP contribution is -2.28. The van der Waals surface area contributed by atoms with Crippen molar-refractivity contribution in [1.82, 2.24) is 9.88 Å². The molecule has 29 heavy (non-hydrogen) atoms. The summed E-state index contributed by atoms with van der Waals surface area (Å²) in [7, 11) is 0. The van der Waals surface area contributed by atoms with Gasteiger partial charge in [-0.25, -0.2) is 9.37 Å². The zero-order valence-electron chi connectivity index (χ0n) is 16.0. The van der Waals surface area contributed by atoms with Crippen LogP contribution in [0, 0.1) is 5.82 Å². The van der Waals surface area contributed by atoms with Gasteiger partial charge in [0.2, 0.25) is 5.89 Å². The first kappa shape index (κ1) is 17.8. The maximum Gasteiger partial charge on any atom is 0.222 e. The molecule has 0 radical (unpaired) electrons. The summed E-state index contributed by atoms with van der Waals surface area (Å²) in [5.74, 6) is 0.521. The van der Waals surface area contributed by atoms with E-state index in [0.29, 0.717) is 5.89 Å². The second kappa shape index (κ2) is 7.64. The van der Waals surface area contributed by atoms with Crippen LogP contribution in [0.5, 0.6) is 0 Å². The number of benzene rings is 3. The third kappa shape index (κ3) is 3.84. The molecule has 0 saturated carbocycles. The Kier molecular flexibility index (Phi) is 4.70. The third-order valence-electron chi connectivity index (χ3n) is 5.36. The molecular weight excluding hydrogens is 363 g/mol. The van der Waals surface area contributed by atoms with Gasteiger partial charge in [-0.3, -0.25) is 4.90 Å². The summed E-state index contributed by atoms with van der Waals surface area (Å²) in [6.07, 6.45) is 3.04. The zero-order chi connectivity index (χ0) is 19.6. The first-order valence-electron chi connectivity index (χ1n) is 9.87. The van der Waals surface area contributed by atoms with Gasteiger partial charge in [-0.1, -0.05) is 54.6 Å². The largest absolute Gasteiger partial charge is 0.436 e. The van der Waals surface area contributed by atoms with Gasteiger partial charge in [-0.05, 0) is 47.4 Å². The Morgan fingerprint density at radius 1 is 0.931 bits per heavy atom. The number of halogens is 1. The van der Waals surface area contributed by atoms with Crippen LogP contribution in [0.3, 0.4) is 0 Å². The fraction of sp³-hybridized carbons (Fsp3) is 0.160. The average Bonchev–Trinajstić information content (AvgIpc) is 3.18. The normalized spacial score (nSPS) is 14.9. The highest BCUT2D eigenvalue weighted by molar-refractivity contribution is 5.82. The van der Waals surface area contributed by atoms with Crippen molar-refractivity contribution in [1.29, 1.82) is 0 Å². The highest BCUT2D eigenvalue weighted by Crippen LogP contribution is 2.29. The SMILES string of the molecule is Fc1cccc(CN2CC=C(c3nc4cc(-c5ccccc5)ccc4o3)CC2)c1. The standard InChI is InChI=1S/C25H21FN2O/c26-22-8-4-5-18(15-22)17-28-13-11-20(12-14-28)25-27-23-16-21(9-10-24(23)29-25)19-6-2-1-3-7-19/h1-11,15-16H,12-14,17H2. The van der Waals surface area contributed by atoms with E-state index in [1.165, 1.54) is 11.6 Å². The van der Waals surface area contributed by atoms with E-state index in [2.05, 4.69) is 35.2 Å². The summed E-state index contributed by atoms with van der Waals surface area (Å²) in [6, 6.07) is 23.2. The van der Waals surface area contributed by atoms with Gasteiger partial charge in [0.25, 0.3) is 0 Å². The van der Waals surface area contributed by atoms with Gasteiger partial charge in [-0.2, -0.15) is 0 Å². The molecule has 0 saturated heterocycles. The number of fused-ring (bicyclic) bond motifs is 1. The molecule has 3 aromatic carbocycles. The molecule has 0 unspecified atom stereocenters. The smallest absolute Gasteiger partial charge is 0.222 e. The predicted molar refractivity (Wildman–Crippen MR) is 114 cm³/mol. The lowest BCUT2D eigenvalue weighted by Gasteiger charge is -2.25. The molecule has 2 heterocycles. The molecule has 0 fully saturated rings. The summed E-state index contributed by atoms with van der Waals surface area (Å²) < 4.78 is 19.4. The number of rotatable bonds is 4. The van der Waals surface area contributed by atoms with Crippen LogP contribution >= 0.6 is 0 Å². The molecule has 0 N–H and O–H groups in total. The lowest BCUT2D eigenvalue weighted by atomic mass is 10.1. The first-order valence-corrected chi connectivity index (χ1v) is 9.87. The van der Waals surface area contributed by atoms with Crippen LogP contribution in [-0.4, -0.2) is 23.0 Å². The Morgan fingerprint density at radius 3 is 2.62 bits per heavy atom. The summed E-state index contributed by atoms with van der Waals surface area (Å²) in [4.78, 5) is 7.04.